The quantitative estimate of drug-likeness (QED) is 0.814. The van der Waals surface area contributed by atoms with Gasteiger partial charge in [-0.3, -0.25) is 19.3 Å². The van der Waals surface area contributed by atoms with Gasteiger partial charge in [-0.1, -0.05) is 27.7 Å². The van der Waals surface area contributed by atoms with Crippen LogP contribution >= 0.6 is 0 Å². The number of hydrogen-bond acceptors (Lipinski definition) is 4. The van der Waals surface area contributed by atoms with E-state index in [1.807, 2.05) is 27.7 Å². The maximum Gasteiger partial charge on any atom is 0.168 e. The van der Waals surface area contributed by atoms with Crippen molar-refractivity contribution in [3.63, 3.8) is 0 Å². The van der Waals surface area contributed by atoms with Crippen molar-refractivity contribution in [1.29, 1.82) is 0 Å². The summed E-state index contributed by atoms with van der Waals surface area (Å²) in [5.41, 5.74) is 1.39. The largest absolute Gasteiger partial charge is 0.294 e. The standard InChI is InChI=1S/C9H11NO.C8H12N2O/c1-7(2)9(11)8-4-3-5-10-6-8;1-6(2)8(11)7-4-9-10(3)5-7/h3-7H,1-2H3;4-6H,1-3H3. The minimum absolute atomic E-state index is 0.0548. The third kappa shape index (κ3) is 5.24. The third-order valence-electron chi connectivity index (χ3n) is 2.98. The Kier molecular flexibility index (Phi) is 6.63. The van der Waals surface area contributed by atoms with Crippen molar-refractivity contribution in [2.45, 2.75) is 27.7 Å². The summed E-state index contributed by atoms with van der Waals surface area (Å²) in [4.78, 5) is 26.5. The maximum atomic E-state index is 11.3. The van der Waals surface area contributed by atoms with Crippen LogP contribution in [0.25, 0.3) is 0 Å². The molecule has 0 bridgehead atoms. The van der Waals surface area contributed by atoms with Crippen LogP contribution in [0, 0.1) is 11.8 Å². The summed E-state index contributed by atoms with van der Waals surface area (Å²) in [7, 11) is 1.80. The van der Waals surface area contributed by atoms with Crippen molar-refractivity contribution in [1.82, 2.24) is 14.8 Å². The summed E-state index contributed by atoms with van der Waals surface area (Å²) < 4.78 is 1.63. The Morgan fingerprint density at radius 2 is 1.59 bits per heavy atom. The van der Waals surface area contributed by atoms with Gasteiger partial charge in [0.25, 0.3) is 0 Å². The molecule has 0 unspecified atom stereocenters. The number of pyridine rings is 1. The van der Waals surface area contributed by atoms with E-state index in [4.69, 9.17) is 0 Å². The zero-order valence-electron chi connectivity index (χ0n) is 13.8. The van der Waals surface area contributed by atoms with Gasteiger partial charge < -0.3 is 0 Å². The van der Waals surface area contributed by atoms with E-state index in [2.05, 4.69) is 10.1 Å². The first kappa shape index (κ1) is 17.8. The Bertz CT molecular complexity index is 616. The molecule has 0 spiro atoms. The van der Waals surface area contributed by atoms with Crippen LogP contribution in [-0.4, -0.2) is 26.3 Å². The molecule has 0 aromatic carbocycles. The molecular formula is C17H23N3O2. The summed E-state index contributed by atoms with van der Waals surface area (Å²) in [6.45, 7) is 7.54. The molecule has 2 rings (SSSR count). The van der Waals surface area contributed by atoms with Crippen molar-refractivity contribution in [3.8, 4) is 0 Å². The zero-order chi connectivity index (χ0) is 16.7. The molecule has 0 radical (unpaired) electrons. The lowest BCUT2D eigenvalue weighted by molar-refractivity contribution is 0.0932. The van der Waals surface area contributed by atoms with Gasteiger partial charge in [0, 0.05) is 43.0 Å². The van der Waals surface area contributed by atoms with Crippen LogP contribution in [0.4, 0.5) is 0 Å². The van der Waals surface area contributed by atoms with E-state index in [0.717, 1.165) is 0 Å². The summed E-state index contributed by atoms with van der Waals surface area (Å²) >= 11 is 0. The van der Waals surface area contributed by atoms with Gasteiger partial charge in [-0.15, -0.1) is 0 Å². The highest BCUT2D eigenvalue weighted by molar-refractivity contribution is 5.97. The van der Waals surface area contributed by atoms with Crippen LogP contribution in [0.3, 0.4) is 0 Å². The number of rotatable bonds is 4. The van der Waals surface area contributed by atoms with E-state index in [0.29, 0.717) is 11.1 Å². The second-order valence-corrected chi connectivity index (χ2v) is 5.68. The third-order valence-corrected chi connectivity index (χ3v) is 2.98. The van der Waals surface area contributed by atoms with Crippen LogP contribution in [0.1, 0.15) is 48.4 Å². The second kappa shape index (κ2) is 8.22. The number of ketones is 2. The first-order valence-corrected chi connectivity index (χ1v) is 7.30. The highest BCUT2D eigenvalue weighted by atomic mass is 16.1. The zero-order valence-corrected chi connectivity index (χ0v) is 13.8. The van der Waals surface area contributed by atoms with E-state index < -0.39 is 0 Å². The molecule has 0 saturated carbocycles. The monoisotopic (exact) mass is 301 g/mol. The van der Waals surface area contributed by atoms with E-state index in [-0.39, 0.29) is 23.4 Å². The molecule has 0 amide bonds. The maximum absolute atomic E-state index is 11.3. The summed E-state index contributed by atoms with van der Waals surface area (Å²) in [6.07, 6.45) is 6.60. The number of nitrogens with zero attached hydrogens (tertiary/aromatic N) is 3. The average molecular weight is 301 g/mol. The van der Waals surface area contributed by atoms with Crippen molar-refractivity contribution < 1.29 is 9.59 Å². The van der Waals surface area contributed by atoms with Crippen molar-refractivity contribution in [2.75, 3.05) is 0 Å². The molecule has 118 valence electrons. The molecule has 0 saturated heterocycles. The molecule has 0 aliphatic carbocycles. The Morgan fingerprint density at radius 1 is 1.00 bits per heavy atom. The fourth-order valence-corrected chi connectivity index (χ4v) is 1.72. The Labute approximate surface area is 131 Å². The molecule has 2 heterocycles. The number of carbonyl (C=O) groups is 2. The van der Waals surface area contributed by atoms with Crippen molar-refractivity contribution in [2.24, 2.45) is 18.9 Å². The van der Waals surface area contributed by atoms with Gasteiger partial charge in [0.05, 0.1) is 11.8 Å². The van der Waals surface area contributed by atoms with Gasteiger partial charge in [0.2, 0.25) is 0 Å². The van der Waals surface area contributed by atoms with Gasteiger partial charge in [0.1, 0.15) is 0 Å². The number of aryl methyl sites for hydroxylation is 1. The highest BCUT2D eigenvalue weighted by Crippen LogP contribution is 2.06. The van der Waals surface area contributed by atoms with Crippen LogP contribution in [0.2, 0.25) is 0 Å². The van der Waals surface area contributed by atoms with Gasteiger partial charge >= 0.3 is 0 Å². The van der Waals surface area contributed by atoms with E-state index in [1.165, 1.54) is 0 Å². The number of aromatic nitrogens is 3. The number of carbonyl (C=O) groups excluding carboxylic acids is 2. The normalized spacial score (nSPS) is 10.3. The summed E-state index contributed by atoms with van der Waals surface area (Å²) in [6, 6.07) is 3.56. The smallest absolute Gasteiger partial charge is 0.168 e. The molecule has 0 fully saturated rings. The predicted molar refractivity (Wildman–Crippen MR) is 85.8 cm³/mol. The minimum Gasteiger partial charge on any atom is -0.294 e. The SMILES string of the molecule is CC(C)C(=O)c1cccnc1.CC(C)C(=O)c1cnn(C)c1. The molecule has 0 aliphatic rings. The summed E-state index contributed by atoms with van der Waals surface area (Å²) in [5.74, 6) is 0.412. The second-order valence-electron chi connectivity index (χ2n) is 5.68. The van der Waals surface area contributed by atoms with Gasteiger partial charge in [-0.05, 0) is 12.1 Å². The van der Waals surface area contributed by atoms with Gasteiger partial charge in [-0.2, -0.15) is 5.10 Å². The van der Waals surface area contributed by atoms with Crippen LogP contribution in [0.15, 0.2) is 36.9 Å². The van der Waals surface area contributed by atoms with E-state index in [9.17, 15) is 9.59 Å². The molecule has 0 N–H and O–H groups in total. The molecule has 5 nitrogen and oxygen atoms in total. The average Bonchev–Trinajstić information content (AvgIpc) is 2.93. The summed E-state index contributed by atoms with van der Waals surface area (Å²) in [5, 5.41) is 3.92. The highest BCUT2D eigenvalue weighted by Gasteiger charge is 2.11. The lowest BCUT2D eigenvalue weighted by Crippen LogP contribution is -2.07. The fourth-order valence-electron chi connectivity index (χ4n) is 1.72. The molecule has 0 atom stereocenters. The molecule has 0 aliphatic heterocycles. The molecule has 22 heavy (non-hydrogen) atoms. The van der Waals surface area contributed by atoms with Crippen molar-refractivity contribution in [3.05, 3.63) is 48.0 Å². The molecule has 2 aromatic heterocycles. The van der Waals surface area contributed by atoms with Crippen LogP contribution in [-0.2, 0) is 7.05 Å². The van der Waals surface area contributed by atoms with E-state index in [1.54, 1.807) is 48.6 Å². The van der Waals surface area contributed by atoms with Crippen molar-refractivity contribution >= 4 is 11.6 Å². The van der Waals surface area contributed by atoms with Gasteiger partial charge in [0.15, 0.2) is 11.6 Å². The van der Waals surface area contributed by atoms with Crippen LogP contribution in [0.5, 0.6) is 0 Å². The predicted octanol–water partition coefficient (Wildman–Crippen LogP) is 3.18. The minimum atomic E-state index is 0.0548. The lowest BCUT2D eigenvalue weighted by atomic mass is 10.0. The number of hydrogen-bond donors (Lipinski definition) is 0. The Balaban J connectivity index is 0.000000220. The first-order chi connectivity index (χ1) is 10.3. The number of Topliss-reactive ketones (excluding diaryl/α,β-unsaturated/α-hetero) is 2. The lowest BCUT2D eigenvalue weighted by Gasteiger charge is -2.01. The topological polar surface area (TPSA) is 64.8 Å². The molecule has 5 heteroatoms. The Hall–Kier alpha value is -2.30. The molecule has 2 aromatic rings. The van der Waals surface area contributed by atoms with Crippen LogP contribution < -0.4 is 0 Å². The molecular weight excluding hydrogens is 278 g/mol. The fraction of sp³-hybridized carbons (Fsp3) is 0.412. The van der Waals surface area contributed by atoms with Gasteiger partial charge in [-0.25, -0.2) is 0 Å². The van der Waals surface area contributed by atoms with E-state index >= 15 is 0 Å². The Morgan fingerprint density at radius 3 is 2.00 bits per heavy atom. The first-order valence-electron chi connectivity index (χ1n) is 7.30.